The summed E-state index contributed by atoms with van der Waals surface area (Å²) in [5, 5.41) is 0.349. The van der Waals surface area contributed by atoms with E-state index in [2.05, 4.69) is 9.97 Å². The van der Waals surface area contributed by atoms with Crippen molar-refractivity contribution in [3.8, 4) is 0 Å². The van der Waals surface area contributed by atoms with Crippen LogP contribution < -0.4 is 0 Å². The van der Waals surface area contributed by atoms with Crippen molar-refractivity contribution >= 4 is 17.7 Å². The number of nitrogens with zero attached hydrogens (tertiary/aromatic N) is 3. The van der Waals surface area contributed by atoms with Crippen LogP contribution in [0.5, 0.6) is 0 Å². The van der Waals surface area contributed by atoms with Crippen LogP contribution in [0.2, 0.25) is 5.15 Å². The summed E-state index contributed by atoms with van der Waals surface area (Å²) in [5.41, 5.74) is 0.122. The SMILES string of the molecule is CC(C)(C)OC(=O)N1CCC[C@@H](OCc2nccnc2Cl)C1. The molecule has 7 heteroatoms. The van der Waals surface area contributed by atoms with Crippen LogP contribution in [0.4, 0.5) is 4.79 Å². The standard InChI is InChI=1S/C15H22ClN3O3/c1-15(2,3)22-14(20)19-8-4-5-11(9-19)21-10-12-13(16)18-7-6-17-12/h6-7,11H,4-5,8-10H2,1-3H3/t11-/m1/s1. The van der Waals surface area contributed by atoms with Crippen molar-refractivity contribution in [2.75, 3.05) is 13.1 Å². The highest BCUT2D eigenvalue weighted by Gasteiger charge is 2.28. The molecule has 2 heterocycles. The van der Waals surface area contributed by atoms with Crippen molar-refractivity contribution in [1.29, 1.82) is 0 Å². The molecule has 122 valence electrons. The summed E-state index contributed by atoms with van der Waals surface area (Å²) in [6.07, 6.45) is 4.57. The molecule has 1 aliphatic rings. The maximum atomic E-state index is 12.1. The van der Waals surface area contributed by atoms with Gasteiger partial charge in [0.05, 0.1) is 19.3 Å². The highest BCUT2D eigenvalue weighted by atomic mass is 35.5. The molecular weight excluding hydrogens is 306 g/mol. The molecule has 0 bridgehead atoms. The quantitative estimate of drug-likeness (QED) is 0.853. The maximum Gasteiger partial charge on any atom is 0.410 e. The van der Waals surface area contributed by atoms with Gasteiger partial charge in [0, 0.05) is 18.9 Å². The van der Waals surface area contributed by atoms with Gasteiger partial charge >= 0.3 is 6.09 Å². The second-order valence-electron chi connectivity index (χ2n) is 6.30. The third kappa shape index (κ3) is 5.10. The van der Waals surface area contributed by atoms with E-state index in [4.69, 9.17) is 21.1 Å². The molecule has 1 fully saturated rings. The molecule has 1 aromatic rings. The van der Waals surface area contributed by atoms with Gasteiger partial charge in [-0.25, -0.2) is 9.78 Å². The second-order valence-corrected chi connectivity index (χ2v) is 6.65. The Hall–Kier alpha value is -1.40. The van der Waals surface area contributed by atoms with Crippen LogP contribution in [-0.2, 0) is 16.1 Å². The maximum absolute atomic E-state index is 12.1. The first-order valence-electron chi connectivity index (χ1n) is 7.40. The number of carbonyl (C=O) groups is 1. The smallest absolute Gasteiger partial charge is 0.410 e. The molecule has 1 saturated heterocycles. The third-order valence-electron chi connectivity index (χ3n) is 3.21. The molecule has 0 saturated carbocycles. The highest BCUT2D eigenvalue weighted by Crippen LogP contribution is 2.19. The highest BCUT2D eigenvalue weighted by molar-refractivity contribution is 6.29. The molecule has 1 aromatic heterocycles. The van der Waals surface area contributed by atoms with Gasteiger partial charge in [-0.15, -0.1) is 0 Å². The zero-order valence-corrected chi connectivity index (χ0v) is 14.0. The zero-order valence-electron chi connectivity index (χ0n) is 13.2. The largest absolute Gasteiger partial charge is 0.444 e. The summed E-state index contributed by atoms with van der Waals surface area (Å²) in [6.45, 7) is 7.09. The number of ether oxygens (including phenoxy) is 2. The minimum absolute atomic E-state index is 0.0423. The molecule has 0 unspecified atom stereocenters. The lowest BCUT2D eigenvalue weighted by molar-refractivity contribution is -0.0266. The Balaban J connectivity index is 1.86. The Labute approximate surface area is 135 Å². The van der Waals surface area contributed by atoms with Crippen molar-refractivity contribution < 1.29 is 14.3 Å². The van der Waals surface area contributed by atoms with E-state index in [1.165, 1.54) is 6.20 Å². The third-order valence-corrected chi connectivity index (χ3v) is 3.52. The van der Waals surface area contributed by atoms with Crippen LogP contribution in [0.3, 0.4) is 0 Å². The van der Waals surface area contributed by atoms with Crippen LogP contribution in [0.15, 0.2) is 12.4 Å². The Bertz CT molecular complexity index is 519. The molecule has 2 rings (SSSR count). The first-order valence-corrected chi connectivity index (χ1v) is 7.78. The fraction of sp³-hybridized carbons (Fsp3) is 0.667. The summed E-state index contributed by atoms with van der Waals surface area (Å²) in [5.74, 6) is 0. The molecule has 0 N–H and O–H groups in total. The molecule has 6 nitrogen and oxygen atoms in total. The van der Waals surface area contributed by atoms with Crippen LogP contribution in [0.1, 0.15) is 39.3 Å². The molecule has 1 atom stereocenters. The van der Waals surface area contributed by atoms with Gasteiger partial charge in [-0.2, -0.15) is 0 Å². The molecule has 0 aromatic carbocycles. The normalized spacial score (nSPS) is 19.1. The lowest BCUT2D eigenvalue weighted by Gasteiger charge is -2.34. The van der Waals surface area contributed by atoms with Gasteiger partial charge in [0.2, 0.25) is 0 Å². The number of aromatic nitrogens is 2. The predicted octanol–water partition coefficient (Wildman–Crippen LogP) is 3.05. The van der Waals surface area contributed by atoms with Crippen LogP contribution in [0, 0.1) is 0 Å². The molecule has 0 spiro atoms. The van der Waals surface area contributed by atoms with Crippen LogP contribution in [0.25, 0.3) is 0 Å². The number of amides is 1. The van der Waals surface area contributed by atoms with Gasteiger partial charge < -0.3 is 14.4 Å². The van der Waals surface area contributed by atoms with E-state index in [0.29, 0.717) is 30.5 Å². The number of piperidine rings is 1. The number of carbonyl (C=O) groups excluding carboxylic acids is 1. The lowest BCUT2D eigenvalue weighted by atomic mass is 10.1. The second kappa shape index (κ2) is 7.24. The van der Waals surface area contributed by atoms with E-state index < -0.39 is 5.60 Å². The number of hydrogen-bond donors (Lipinski definition) is 0. The number of hydrogen-bond acceptors (Lipinski definition) is 5. The summed E-state index contributed by atoms with van der Waals surface area (Å²) in [4.78, 5) is 21.9. The number of halogens is 1. The first kappa shape index (κ1) is 17.0. The minimum atomic E-state index is -0.488. The van der Waals surface area contributed by atoms with Crippen LogP contribution in [-0.4, -0.2) is 45.8 Å². The van der Waals surface area contributed by atoms with E-state index in [1.54, 1.807) is 11.1 Å². The van der Waals surface area contributed by atoms with Crippen molar-refractivity contribution in [2.45, 2.75) is 51.9 Å². The Morgan fingerprint density at radius 3 is 2.82 bits per heavy atom. The van der Waals surface area contributed by atoms with E-state index in [-0.39, 0.29) is 12.2 Å². The van der Waals surface area contributed by atoms with Crippen molar-refractivity contribution in [3.05, 3.63) is 23.2 Å². The molecule has 1 amide bonds. The predicted molar refractivity (Wildman–Crippen MR) is 82.7 cm³/mol. The first-order chi connectivity index (χ1) is 10.3. The van der Waals surface area contributed by atoms with Crippen LogP contribution >= 0.6 is 11.6 Å². The summed E-state index contributed by atoms with van der Waals surface area (Å²) in [7, 11) is 0. The lowest BCUT2D eigenvalue weighted by Crippen LogP contribution is -2.45. The summed E-state index contributed by atoms with van der Waals surface area (Å²) >= 11 is 5.96. The summed E-state index contributed by atoms with van der Waals surface area (Å²) in [6, 6.07) is 0. The molecule has 0 aliphatic carbocycles. The molecular formula is C15H22ClN3O3. The van der Waals surface area contributed by atoms with Gasteiger partial charge in [0.25, 0.3) is 0 Å². The van der Waals surface area contributed by atoms with E-state index in [9.17, 15) is 4.79 Å². The Morgan fingerprint density at radius 1 is 1.41 bits per heavy atom. The minimum Gasteiger partial charge on any atom is -0.444 e. The fourth-order valence-corrected chi connectivity index (χ4v) is 2.37. The van der Waals surface area contributed by atoms with E-state index >= 15 is 0 Å². The van der Waals surface area contributed by atoms with Crippen molar-refractivity contribution in [2.24, 2.45) is 0 Å². The Morgan fingerprint density at radius 2 is 2.14 bits per heavy atom. The number of likely N-dealkylation sites (tertiary alicyclic amines) is 1. The average Bonchev–Trinajstić information content (AvgIpc) is 2.45. The van der Waals surface area contributed by atoms with Gasteiger partial charge in [-0.05, 0) is 33.6 Å². The van der Waals surface area contributed by atoms with Gasteiger partial charge in [-0.1, -0.05) is 11.6 Å². The Kier molecular flexibility index (Phi) is 5.58. The zero-order chi connectivity index (χ0) is 16.2. The van der Waals surface area contributed by atoms with E-state index in [1.807, 2.05) is 20.8 Å². The molecule has 0 radical (unpaired) electrons. The topological polar surface area (TPSA) is 64.5 Å². The van der Waals surface area contributed by atoms with Gasteiger partial charge in [0.15, 0.2) is 5.15 Å². The monoisotopic (exact) mass is 327 g/mol. The number of rotatable bonds is 3. The molecule has 22 heavy (non-hydrogen) atoms. The molecule has 1 aliphatic heterocycles. The van der Waals surface area contributed by atoms with Crippen molar-refractivity contribution in [3.63, 3.8) is 0 Å². The summed E-state index contributed by atoms with van der Waals surface area (Å²) < 4.78 is 11.2. The fourth-order valence-electron chi connectivity index (χ4n) is 2.21. The van der Waals surface area contributed by atoms with Crippen molar-refractivity contribution in [1.82, 2.24) is 14.9 Å². The van der Waals surface area contributed by atoms with Gasteiger partial charge in [-0.3, -0.25) is 4.98 Å². The average molecular weight is 328 g/mol. The van der Waals surface area contributed by atoms with E-state index in [0.717, 1.165) is 12.8 Å². The van der Waals surface area contributed by atoms with Gasteiger partial charge in [0.1, 0.15) is 11.3 Å².